The molecule has 0 fully saturated rings. The zero-order chi connectivity index (χ0) is 17.7. The molecule has 2 rings (SSSR count). The number of phenolic OH excluding ortho intramolecular Hbond substituents is 1. The molecule has 0 saturated carbocycles. The Balaban J connectivity index is 2.07. The zero-order valence-electron chi connectivity index (χ0n) is 13.5. The normalized spacial score (nSPS) is 9.96. The van der Waals surface area contributed by atoms with E-state index in [-0.39, 0.29) is 5.75 Å². The Kier molecular flexibility index (Phi) is 5.26. The predicted octanol–water partition coefficient (Wildman–Crippen LogP) is 2.30. The van der Waals surface area contributed by atoms with Crippen molar-refractivity contribution in [2.75, 3.05) is 24.9 Å². The third-order valence-electron chi connectivity index (χ3n) is 3.31. The van der Waals surface area contributed by atoms with E-state index in [4.69, 9.17) is 9.47 Å². The summed E-state index contributed by atoms with van der Waals surface area (Å²) in [7, 11) is 2.98. The molecule has 126 valence electrons. The summed E-state index contributed by atoms with van der Waals surface area (Å²) in [4.78, 5) is 24.0. The average molecular weight is 330 g/mol. The van der Waals surface area contributed by atoms with Crippen molar-refractivity contribution in [1.82, 2.24) is 0 Å². The quantitative estimate of drug-likeness (QED) is 0.590. The van der Waals surface area contributed by atoms with E-state index in [0.29, 0.717) is 28.4 Å². The molecule has 7 nitrogen and oxygen atoms in total. The fourth-order valence-corrected chi connectivity index (χ4v) is 2.07. The van der Waals surface area contributed by atoms with Crippen LogP contribution in [0.1, 0.15) is 5.56 Å². The number of carbonyl (C=O) groups is 2. The maximum atomic E-state index is 12.0. The lowest BCUT2D eigenvalue weighted by Gasteiger charge is -2.11. The molecule has 0 spiro atoms. The van der Waals surface area contributed by atoms with Crippen LogP contribution in [0.5, 0.6) is 17.2 Å². The highest BCUT2D eigenvalue weighted by molar-refractivity contribution is 6.43. The second kappa shape index (κ2) is 7.36. The van der Waals surface area contributed by atoms with Crippen molar-refractivity contribution < 1.29 is 24.2 Å². The number of hydrogen-bond acceptors (Lipinski definition) is 5. The summed E-state index contributed by atoms with van der Waals surface area (Å²) in [6, 6.07) is 9.20. The SMILES string of the molecule is COc1ccc(NC(=O)C(=O)Nc2ccc(O)cc2C)cc1OC. The zero-order valence-corrected chi connectivity index (χ0v) is 13.5. The number of aromatic hydroxyl groups is 1. The number of aryl methyl sites for hydroxylation is 1. The molecule has 2 aromatic rings. The number of amides is 2. The van der Waals surface area contributed by atoms with Crippen molar-refractivity contribution in [2.45, 2.75) is 6.92 Å². The number of methoxy groups -OCH3 is 2. The van der Waals surface area contributed by atoms with Gasteiger partial charge in [0.1, 0.15) is 5.75 Å². The summed E-state index contributed by atoms with van der Waals surface area (Å²) in [6.45, 7) is 1.71. The van der Waals surface area contributed by atoms with Crippen molar-refractivity contribution in [2.24, 2.45) is 0 Å². The third-order valence-corrected chi connectivity index (χ3v) is 3.31. The molecule has 0 saturated heterocycles. The summed E-state index contributed by atoms with van der Waals surface area (Å²) < 4.78 is 10.2. The van der Waals surface area contributed by atoms with Gasteiger partial charge in [-0.2, -0.15) is 0 Å². The monoisotopic (exact) mass is 330 g/mol. The second-order valence-electron chi connectivity index (χ2n) is 4.98. The fraction of sp³-hybridized carbons (Fsp3) is 0.176. The van der Waals surface area contributed by atoms with Crippen LogP contribution in [0.2, 0.25) is 0 Å². The van der Waals surface area contributed by atoms with Gasteiger partial charge in [0, 0.05) is 17.4 Å². The van der Waals surface area contributed by atoms with Crippen LogP contribution in [0.3, 0.4) is 0 Å². The standard InChI is InChI=1S/C17H18N2O5/c1-10-8-12(20)5-6-13(10)19-17(22)16(21)18-11-4-7-14(23-2)15(9-11)24-3/h4-9,20H,1-3H3,(H,18,21)(H,19,22). The van der Waals surface area contributed by atoms with Gasteiger partial charge >= 0.3 is 11.8 Å². The minimum atomic E-state index is -0.824. The number of nitrogens with one attached hydrogen (secondary N) is 2. The average Bonchev–Trinajstić information content (AvgIpc) is 2.57. The Hall–Kier alpha value is -3.22. The molecule has 0 bridgehead atoms. The molecule has 7 heteroatoms. The molecule has 0 unspecified atom stereocenters. The van der Waals surface area contributed by atoms with Gasteiger partial charge < -0.3 is 25.2 Å². The van der Waals surface area contributed by atoms with E-state index in [1.54, 1.807) is 25.1 Å². The first-order valence-corrected chi connectivity index (χ1v) is 7.08. The molecule has 0 aliphatic rings. The highest BCUT2D eigenvalue weighted by Crippen LogP contribution is 2.29. The van der Waals surface area contributed by atoms with E-state index in [1.807, 2.05) is 0 Å². The predicted molar refractivity (Wildman–Crippen MR) is 89.6 cm³/mol. The highest BCUT2D eigenvalue weighted by atomic mass is 16.5. The molecule has 3 N–H and O–H groups in total. The topological polar surface area (TPSA) is 96.9 Å². The van der Waals surface area contributed by atoms with Gasteiger partial charge in [0.15, 0.2) is 11.5 Å². The molecule has 0 heterocycles. The Morgan fingerprint density at radius 2 is 1.58 bits per heavy atom. The Labute approximate surface area is 139 Å². The van der Waals surface area contributed by atoms with Crippen molar-refractivity contribution in [3.05, 3.63) is 42.0 Å². The maximum Gasteiger partial charge on any atom is 0.314 e. The smallest absolute Gasteiger partial charge is 0.314 e. The van der Waals surface area contributed by atoms with E-state index in [9.17, 15) is 14.7 Å². The number of ether oxygens (including phenoxy) is 2. The second-order valence-corrected chi connectivity index (χ2v) is 4.98. The van der Waals surface area contributed by atoms with Crippen LogP contribution < -0.4 is 20.1 Å². The number of benzene rings is 2. The number of anilines is 2. The Morgan fingerprint density at radius 1 is 0.917 bits per heavy atom. The van der Waals surface area contributed by atoms with Gasteiger partial charge in [-0.25, -0.2) is 0 Å². The third kappa shape index (κ3) is 3.95. The van der Waals surface area contributed by atoms with E-state index >= 15 is 0 Å². The van der Waals surface area contributed by atoms with Gasteiger partial charge in [0.2, 0.25) is 0 Å². The first-order chi connectivity index (χ1) is 11.4. The summed E-state index contributed by atoms with van der Waals surface area (Å²) in [5.41, 5.74) is 1.48. The summed E-state index contributed by atoms with van der Waals surface area (Å²) in [6.07, 6.45) is 0. The fourth-order valence-electron chi connectivity index (χ4n) is 2.07. The molecule has 2 amide bonds. The summed E-state index contributed by atoms with van der Waals surface area (Å²) in [5.74, 6) is -0.613. The molecule has 2 aromatic carbocycles. The lowest BCUT2D eigenvalue weighted by atomic mass is 10.2. The number of carbonyl (C=O) groups excluding carboxylic acids is 2. The summed E-state index contributed by atoms with van der Waals surface area (Å²) in [5, 5.41) is 14.3. The largest absolute Gasteiger partial charge is 0.508 e. The van der Waals surface area contributed by atoms with Crippen LogP contribution in [0, 0.1) is 6.92 Å². The number of hydrogen-bond donors (Lipinski definition) is 3. The van der Waals surface area contributed by atoms with Crippen LogP contribution >= 0.6 is 0 Å². The molecule has 0 aliphatic heterocycles. The molecule has 0 radical (unpaired) electrons. The van der Waals surface area contributed by atoms with E-state index in [2.05, 4.69) is 10.6 Å². The Bertz CT molecular complexity index is 774. The van der Waals surface area contributed by atoms with Gasteiger partial charge in [-0.3, -0.25) is 9.59 Å². The highest BCUT2D eigenvalue weighted by Gasteiger charge is 2.16. The van der Waals surface area contributed by atoms with E-state index in [1.165, 1.54) is 32.4 Å². The molecular weight excluding hydrogens is 312 g/mol. The number of phenols is 1. The van der Waals surface area contributed by atoms with Gasteiger partial charge in [-0.15, -0.1) is 0 Å². The van der Waals surface area contributed by atoms with Crippen molar-refractivity contribution in [1.29, 1.82) is 0 Å². The lowest BCUT2D eigenvalue weighted by Crippen LogP contribution is -2.29. The van der Waals surface area contributed by atoms with Crippen LogP contribution in [0.15, 0.2) is 36.4 Å². The minimum absolute atomic E-state index is 0.0836. The van der Waals surface area contributed by atoms with Crippen LogP contribution in [0.25, 0.3) is 0 Å². The van der Waals surface area contributed by atoms with Gasteiger partial charge in [0.05, 0.1) is 14.2 Å². The van der Waals surface area contributed by atoms with Crippen LogP contribution in [-0.4, -0.2) is 31.1 Å². The lowest BCUT2D eigenvalue weighted by molar-refractivity contribution is -0.133. The maximum absolute atomic E-state index is 12.0. The first kappa shape index (κ1) is 17.1. The minimum Gasteiger partial charge on any atom is -0.508 e. The van der Waals surface area contributed by atoms with Gasteiger partial charge in [-0.05, 0) is 42.8 Å². The van der Waals surface area contributed by atoms with Gasteiger partial charge in [0.25, 0.3) is 0 Å². The van der Waals surface area contributed by atoms with Crippen LogP contribution in [0.4, 0.5) is 11.4 Å². The Morgan fingerprint density at radius 3 is 2.21 bits per heavy atom. The summed E-state index contributed by atoms with van der Waals surface area (Å²) >= 11 is 0. The molecular formula is C17H18N2O5. The van der Waals surface area contributed by atoms with Crippen molar-refractivity contribution in [3.63, 3.8) is 0 Å². The van der Waals surface area contributed by atoms with Crippen LogP contribution in [-0.2, 0) is 9.59 Å². The van der Waals surface area contributed by atoms with E-state index in [0.717, 1.165) is 0 Å². The van der Waals surface area contributed by atoms with Crippen molar-refractivity contribution in [3.8, 4) is 17.2 Å². The van der Waals surface area contributed by atoms with Crippen molar-refractivity contribution >= 4 is 23.2 Å². The van der Waals surface area contributed by atoms with E-state index < -0.39 is 11.8 Å². The van der Waals surface area contributed by atoms with Gasteiger partial charge in [-0.1, -0.05) is 0 Å². The first-order valence-electron chi connectivity index (χ1n) is 7.08. The molecule has 0 aliphatic carbocycles. The molecule has 0 aromatic heterocycles. The molecule has 24 heavy (non-hydrogen) atoms. The number of rotatable bonds is 4. The molecule has 0 atom stereocenters.